The molecule has 2 rings (SSSR count). The molecule has 1 aliphatic carbocycles. The average molecular weight is 264 g/mol. The quantitative estimate of drug-likeness (QED) is 0.771. The van der Waals surface area contributed by atoms with Gasteiger partial charge < -0.3 is 10.2 Å². The molecule has 106 valence electrons. The largest absolute Gasteiger partial charge is 0.354 e. The SMILES string of the molecule is O=C(C[C@@H]1C=CCC1)NCCN1CCCCCC1=O. The number of rotatable bonds is 5. The van der Waals surface area contributed by atoms with Gasteiger partial charge in [0.25, 0.3) is 0 Å². The first-order valence-electron chi connectivity index (χ1n) is 7.47. The van der Waals surface area contributed by atoms with Crippen molar-refractivity contribution in [3.8, 4) is 0 Å². The molecular weight excluding hydrogens is 240 g/mol. The van der Waals surface area contributed by atoms with Crippen LogP contribution in [0.4, 0.5) is 0 Å². The van der Waals surface area contributed by atoms with E-state index in [2.05, 4.69) is 17.5 Å². The lowest BCUT2D eigenvalue weighted by molar-refractivity contribution is -0.131. The number of hydrogen-bond donors (Lipinski definition) is 1. The van der Waals surface area contributed by atoms with Crippen molar-refractivity contribution in [1.29, 1.82) is 0 Å². The van der Waals surface area contributed by atoms with E-state index in [0.717, 1.165) is 38.6 Å². The highest BCUT2D eigenvalue weighted by molar-refractivity contribution is 5.77. The third-order valence-electron chi connectivity index (χ3n) is 3.94. The van der Waals surface area contributed by atoms with Crippen molar-refractivity contribution in [2.45, 2.75) is 44.9 Å². The predicted octanol–water partition coefficient (Wildman–Crippen LogP) is 1.86. The Morgan fingerprint density at radius 3 is 3.05 bits per heavy atom. The standard InChI is InChI=1S/C15H24N2O2/c18-14(12-13-6-3-4-7-13)16-9-11-17-10-5-1-2-8-15(17)19/h3,6,13H,1-2,4-5,7-12H2,(H,16,18)/t13-/m1/s1. The zero-order valence-electron chi connectivity index (χ0n) is 11.6. The van der Waals surface area contributed by atoms with Crippen molar-refractivity contribution in [3.05, 3.63) is 12.2 Å². The maximum absolute atomic E-state index is 11.8. The molecule has 4 nitrogen and oxygen atoms in total. The molecular formula is C15H24N2O2. The number of amides is 2. The first-order chi connectivity index (χ1) is 9.25. The Labute approximate surface area is 115 Å². The maximum Gasteiger partial charge on any atom is 0.222 e. The van der Waals surface area contributed by atoms with E-state index in [1.54, 1.807) is 0 Å². The van der Waals surface area contributed by atoms with Gasteiger partial charge in [-0.1, -0.05) is 18.6 Å². The summed E-state index contributed by atoms with van der Waals surface area (Å²) in [5.41, 5.74) is 0. The molecule has 1 N–H and O–H groups in total. The van der Waals surface area contributed by atoms with Crippen LogP contribution in [-0.2, 0) is 9.59 Å². The zero-order valence-corrected chi connectivity index (χ0v) is 11.6. The van der Waals surface area contributed by atoms with Crippen LogP contribution in [0.3, 0.4) is 0 Å². The van der Waals surface area contributed by atoms with E-state index in [9.17, 15) is 9.59 Å². The molecule has 1 atom stereocenters. The Morgan fingerprint density at radius 2 is 2.26 bits per heavy atom. The molecule has 2 amide bonds. The average Bonchev–Trinajstić information content (AvgIpc) is 2.80. The lowest BCUT2D eigenvalue weighted by atomic mass is 10.1. The fraction of sp³-hybridized carbons (Fsp3) is 0.733. The number of likely N-dealkylation sites (tertiary alicyclic amines) is 1. The monoisotopic (exact) mass is 264 g/mol. The van der Waals surface area contributed by atoms with Gasteiger partial charge in [-0.2, -0.15) is 0 Å². The summed E-state index contributed by atoms with van der Waals surface area (Å²) in [7, 11) is 0. The molecule has 1 saturated heterocycles. The van der Waals surface area contributed by atoms with Gasteiger partial charge in [0.1, 0.15) is 0 Å². The van der Waals surface area contributed by atoms with Crippen LogP contribution in [0, 0.1) is 5.92 Å². The molecule has 0 aromatic rings. The second-order valence-corrected chi connectivity index (χ2v) is 5.51. The minimum absolute atomic E-state index is 0.110. The summed E-state index contributed by atoms with van der Waals surface area (Å²) in [5, 5.41) is 2.93. The minimum Gasteiger partial charge on any atom is -0.354 e. The molecule has 0 aromatic carbocycles. The van der Waals surface area contributed by atoms with Crippen LogP contribution >= 0.6 is 0 Å². The highest BCUT2D eigenvalue weighted by atomic mass is 16.2. The normalized spacial score (nSPS) is 23.5. The van der Waals surface area contributed by atoms with Crippen LogP contribution in [0.15, 0.2) is 12.2 Å². The number of nitrogens with zero attached hydrogens (tertiary/aromatic N) is 1. The van der Waals surface area contributed by atoms with E-state index in [-0.39, 0.29) is 11.8 Å². The molecule has 2 aliphatic rings. The topological polar surface area (TPSA) is 49.4 Å². The van der Waals surface area contributed by atoms with Gasteiger partial charge in [0.2, 0.25) is 11.8 Å². The lowest BCUT2D eigenvalue weighted by Gasteiger charge is -2.20. The Hall–Kier alpha value is -1.32. The van der Waals surface area contributed by atoms with E-state index in [4.69, 9.17) is 0 Å². The predicted molar refractivity (Wildman–Crippen MR) is 74.5 cm³/mol. The van der Waals surface area contributed by atoms with Gasteiger partial charge in [0, 0.05) is 32.5 Å². The van der Waals surface area contributed by atoms with Gasteiger partial charge in [0.15, 0.2) is 0 Å². The third kappa shape index (κ3) is 4.69. The number of nitrogens with one attached hydrogen (secondary N) is 1. The van der Waals surface area contributed by atoms with Crippen LogP contribution in [0.1, 0.15) is 44.9 Å². The number of carbonyl (C=O) groups excluding carboxylic acids is 2. The van der Waals surface area contributed by atoms with Gasteiger partial charge >= 0.3 is 0 Å². The van der Waals surface area contributed by atoms with Crippen molar-refractivity contribution in [1.82, 2.24) is 10.2 Å². The molecule has 1 aliphatic heterocycles. The third-order valence-corrected chi connectivity index (χ3v) is 3.94. The van der Waals surface area contributed by atoms with Crippen LogP contribution in [0.5, 0.6) is 0 Å². The molecule has 0 radical (unpaired) electrons. The Morgan fingerprint density at radius 1 is 1.37 bits per heavy atom. The van der Waals surface area contributed by atoms with Crippen LogP contribution in [-0.4, -0.2) is 36.3 Å². The lowest BCUT2D eigenvalue weighted by Crippen LogP contribution is -2.38. The van der Waals surface area contributed by atoms with Crippen molar-refractivity contribution in [2.24, 2.45) is 5.92 Å². The highest BCUT2D eigenvalue weighted by Crippen LogP contribution is 2.19. The Bertz CT molecular complexity index is 352. The van der Waals surface area contributed by atoms with Crippen molar-refractivity contribution in [2.75, 3.05) is 19.6 Å². The van der Waals surface area contributed by atoms with Crippen LogP contribution < -0.4 is 5.32 Å². The van der Waals surface area contributed by atoms with Gasteiger partial charge in [-0.3, -0.25) is 9.59 Å². The van der Waals surface area contributed by atoms with E-state index in [0.29, 0.717) is 31.8 Å². The maximum atomic E-state index is 11.8. The zero-order chi connectivity index (χ0) is 13.5. The minimum atomic E-state index is 0.110. The van der Waals surface area contributed by atoms with Crippen LogP contribution in [0.25, 0.3) is 0 Å². The highest BCUT2D eigenvalue weighted by Gasteiger charge is 2.17. The van der Waals surface area contributed by atoms with E-state index in [1.165, 1.54) is 0 Å². The van der Waals surface area contributed by atoms with Gasteiger partial charge in [-0.15, -0.1) is 0 Å². The summed E-state index contributed by atoms with van der Waals surface area (Å²) in [6.07, 6.45) is 11.0. The second kappa shape index (κ2) is 7.31. The first kappa shape index (κ1) is 14.1. The van der Waals surface area contributed by atoms with Gasteiger partial charge in [0.05, 0.1) is 0 Å². The second-order valence-electron chi connectivity index (χ2n) is 5.51. The summed E-state index contributed by atoms with van der Waals surface area (Å²) in [6, 6.07) is 0. The first-order valence-corrected chi connectivity index (χ1v) is 7.47. The van der Waals surface area contributed by atoms with E-state index < -0.39 is 0 Å². The molecule has 0 saturated carbocycles. The summed E-state index contributed by atoms with van der Waals surface area (Å²) in [5.74, 6) is 0.768. The van der Waals surface area contributed by atoms with Crippen molar-refractivity contribution in [3.63, 3.8) is 0 Å². The summed E-state index contributed by atoms with van der Waals surface area (Å²) < 4.78 is 0. The smallest absolute Gasteiger partial charge is 0.222 e. The number of allylic oxidation sites excluding steroid dienone is 2. The molecule has 1 fully saturated rings. The molecule has 4 heteroatoms. The molecule has 19 heavy (non-hydrogen) atoms. The summed E-state index contributed by atoms with van der Waals surface area (Å²) in [6.45, 7) is 2.09. The van der Waals surface area contributed by atoms with Crippen molar-refractivity contribution < 1.29 is 9.59 Å². The summed E-state index contributed by atoms with van der Waals surface area (Å²) >= 11 is 0. The molecule has 0 spiro atoms. The van der Waals surface area contributed by atoms with Gasteiger partial charge in [-0.05, 0) is 31.6 Å². The fourth-order valence-electron chi connectivity index (χ4n) is 2.78. The Kier molecular flexibility index (Phi) is 5.43. The molecule has 0 unspecified atom stereocenters. The molecule has 1 heterocycles. The van der Waals surface area contributed by atoms with E-state index in [1.807, 2.05) is 4.90 Å². The van der Waals surface area contributed by atoms with Crippen molar-refractivity contribution >= 4 is 11.8 Å². The fourth-order valence-corrected chi connectivity index (χ4v) is 2.78. The molecule has 0 aromatic heterocycles. The number of carbonyl (C=O) groups is 2. The summed E-state index contributed by atoms with van der Waals surface area (Å²) in [4.78, 5) is 25.4. The van der Waals surface area contributed by atoms with Crippen LogP contribution in [0.2, 0.25) is 0 Å². The van der Waals surface area contributed by atoms with E-state index >= 15 is 0 Å². The Balaban J connectivity index is 1.63. The molecule has 0 bridgehead atoms. The number of hydrogen-bond acceptors (Lipinski definition) is 2. The van der Waals surface area contributed by atoms with Gasteiger partial charge in [-0.25, -0.2) is 0 Å².